The lowest BCUT2D eigenvalue weighted by Gasteiger charge is -2.11. The van der Waals surface area contributed by atoms with Gasteiger partial charge in [-0.2, -0.15) is 8.78 Å². The van der Waals surface area contributed by atoms with Gasteiger partial charge in [0.1, 0.15) is 0 Å². The Balaban J connectivity index is 2.23. The van der Waals surface area contributed by atoms with E-state index in [1.54, 1.807) is 36.4 Å². The van der Waals surface area contributed by atoms with E-state index in [4.69, 9.17) is 0 Å². The second-order valence-corrected chi connectivity index (χ2v) is 5.74. The Kier molecular flexibility index (Phi) is 4.96. The number of aryl methyl sites for hydroxylation is 2. The summed E-state index contributed by atoms with van der Waals surface area (Å²) in [6.45, 7) is 3.81. The summed E-state index contributed by atoms with van der Waals surface area (Å²) in [5.74, 6) is -2.83. The average molecular weight is 307 g/mol. The van der Waals surface area contributed by atoms with Crippen molar-refractivity contribution in [3.05, 3.63) is 59.2 Å². The van der Waals surface area contributed by atoms with E-state index in [9.17, 15) is 13.6 Å². The minimum absolute atomic E-state index is 0.302. The second-order valence-electron chi connectivity index (χ2n) is 4.71. The molecule has 2 rings (SSSR count). The van der Waals surface area contributed by atoms with Crippen molar-refractivity contribution in [1.29, 1.82) is 0 Å². The predicted octanol–water partition coefficient (Wildman–Crippen LogP) is 4.87. The molecular formula is C16H15F2NOS. The summed E-state index contributed by atoms with van der Waals surface area (Å²) in [6, 6.07) is 12.1. The molecular weight excluding hydrogens is 292 g/mol. The fourth-order valence-corrected chi connectivity index (χ4v) is 2.66. The van der Waals surface area contributed by atoms with Gasteiger partial charge in [0.15, 0.2) is 0 Å². The number of benzene rings is 2. The molecule has 0 atom stereocenters. The quantitative estimate of drug-likeness (QED) is 0.816. The molecule has 0 saturated carbocycles. The standard InChI is InChI=1S/C16H15F2NOS/c1-10-7-11(2)9-12(8-10)15(20)19-13-5-3-4-6-14(13)21-16(17)18/h3-9,16H,1-2H3,(H,19,20). The van der Waals surface area contributed by atoms with Crippen LogP contribution in [0.1, 0.15) is 21.5 Å². The van der Waals surface area contributed by atoms with Gasteiger partial charge in [0, 0.05) is 10.5 Å². The van der Waals surface area contributed by atoms with Crippen molar-refractivity contribution in [1.82, 2.24) is 0 Å². The van der Waals surface area contributed by atoms with Crippen LogP contribution in [-0.4, -0.2) is 11.7 Å². The summed E-state index contributed by atoms with van der Waals surface area (Å²) in [5, 5.41) is 2.69. The van der Waals surface area contributed by atoms with Crippen LogP contribution in [0.2, 0.25) is 0 Å². The van der Waals surface area contributed by atoms with Gasteiger partial charge >= 0.3 is 0 Å². The Labute approximate surface area is 126 Å². The number of halogens is 2. The molecule has 0 radical (unpaired) electrons. The van der Waals surface area contributed by atoms with Crippen LogP contribution in [0.15, 0.2) is 47.4 Å². The molecule has 0 spiro atoms. The maximum absolute atomic E-state index is 12.5. The molecule has 0 aliphatic carbocycles. The molecule has 0 fully saturated rings. The summed E-state index contributed by atoms with van der Waals surface area (Å²) < 4.78 is 25.0. The van der Waals surface area contributed by atoms with Gasteiger partial charge < -0.3 is 5.32 Å². The maximum atomic E-state index is 12.5. The SMILES string of the molecule is Cc1cc(C)cc(C(=O)Nc2ccccc2SC(F)F)c1. The maximum Gasteiger partial charge on any atom is 0.288 e. The van der Waals surface area contributed by atoms with Gasteiger partial charge in [0.05, 0.1) is 5.69 Å². The van der Waals surface area contributed by atoms with Crippen molar-refractivity contribution >= 4 is 23.4 Å². The second kappa shape index (κ2) is 6.72. The number of hydrogen-bond acceptors (Lipinski definition) is 2. The normalized spacial score (nSPS) is 10.7. The number of anilines is 1. The number of carbonyl (C=O) groups excluding carboxylic acids is 1. The van der Waals surface area contributed by atoms with Crippen LogP contribution in [0.25, 0.3) is 0 Å². The topological polar surface area (TPSA) is 29.1 Å². The zero-order valence-corrected chi connectivity index (χ0v) is 12.5. The van der Waals surface area contributed by atoms with Gasteiger partial charge in [0.2, 0.25) is 0 Å². The third-order valence-corrected chi connectivity index (χ3v) is 3.62. The van der Waals surface area contributed by atoms with E-state index in [-0.39, 0.29) is 5.91 Å². The molecule has 2 aromatic carbocycles. The molecule has 0 aromatic heterocycles. The molecule has 110 valence electrons. The number of para-hydroxylation sites is 1. The van der Waals surface area contributed by atoms with Crippen LogP contribution in [0.5, 0.6) is 0 Å². The number of alkyl halides is 2. The average Bonchev–Trinajstić information content (AvgIpc) is 2.39. The smallest absolute Gasteiger partial charge is 0.288 e. The van der Waals surface area contributed by atoms with Gasteiger partial charge in [-0.25, -0.2) is 0 Å². The van der Waals surface area contributed by atoms with E-state index in [0.29, 0.717) is 27.9 Å². The van der Waals surface area contributed by atoms with E-state index in [0.717, 1.165) is 11.1 Å². The molecule has 0 bridgehead atoms. The zero-order valence-electron chi connectivity index (χ0n) is 11.7. The van der Waals surface area contributed by atoms with Crippen molar-refractivity contribution in [2.75, 3.05) is 5.32 Å². The van der Waals surface area contributed by atoms with Crippen molar-refractivity contribution in [3.8, 4) is 0 Å². The lowest BCUT2D eigenvalue weighted by molar-refractivity contribution is 0.102. The van der Waals surface area contributed by atoms with Crippen LogP contribution in [-0.2, 0) is 0 Å². The van der Waals surface area contributed by atoms with Crippen LogP contribution in [0.4, 0.5) is 14.5 Å². The van der Waals surface area contributed by atoms with Crippen LogP contribution in [0.3, 0.4) is 0 Å². The van der Waals surface area contributed by atoms with Crippen molar-refractivity contribution in [3.63, 3.8) is 0 Å². The van der Waals surface area contributed by atoms with E-state index >= 15 is 0 Å². The number of amides is 1. The van der Waals surface area contributed by atoms with E-state index in [2.05, 4.69) is 5.32 Å². The fourth-order valence-electron chi connectivity index (χ4n) is 2.07. The Hall–Kier alpha value is -1.88. The molecule has 0 heterocycles. The molecule has 21 heavy (non-hydrogen) atoms. The first-order valence-corrected chi connectivity index (χ1v) is 7.27. The molecule has 0 aliphatic heterocycles. The molecule has 5 heteroatoms. The van der Waals surface area contributed by atoms with Gasteiger partial charge in [-0.1, -0.05) is 41.1 Å². The molecule has 2 nitrogen and oxygen atoms in total. The molecule has 1 amide bonds. The number of carbonyl (C=O) groups is 1. The number of thioether (sulfide) groups is 1. The van der Waals surface area contributed by atoms with Gasteiger partial charge in [-0.3, -0.25) is 4.79 Å². The molecule has 0 saturated heterocycles. The van der Waals surface area contributed by atoms with Crippen LogP contribution < -0.4 is 5.32 Å². The summed E-state index contributed by atoms with van der Waals surface area (Å²) in [7, 11) is 0. The highest BCUT2D eigenvalue weighted by molar-refractivity contribution is 7.99. The first-order valence-electron chi connectivity index (χ1n) is 6.39. The van der Waals surface area contributed by atoms with Crippen LogP contribution in [0, 0.1) is 13.8 Å². The first-order chi connectivity index (χ1) is 9.95. The van der Waals surface area contributed by atoms with E-state index in [1.165, 1.54) is 0 Å². The Morgan fingerprint density at radius 2 is 1.71 bits per heavy atom. The Morgan fingerprint density at radius 3 is 2.33 bits per heavy atom. The minimum Gasteiger partial charge on any atom is -0.321 e. The van der Waals surface area contributed by atoms with E-state index < -0.39 is 5.76 Å². The number of hydrogen-bond donors (Lipinski definition) is 1. The minimum atomic E-state index is -2.52. The molecule has 0 unspecified atom stereocenters. The summed E-state index contributed by atoms with van der Waals surface area (Å²) in [6.07, 6.45) is 0. The molecule has 1 N–H and O–H groups in total. The molecule has 0 aliphatic rings. The Morgan fingerprint density at radius 1 is 1.10 bits per heavy atom. The lowest BCUT2D eigenvalue weighted by Crippen LogP contribution is -2.13. The highest BCUT2D eigenvalue weighted by Crippen LogP contribution is 2.31. The largest absolute Gasteiger partial charge is 0.321 e. The molecule has 2 aromatic rings. The lowest BCUT2D eigenvalue weighted by atomic mass is 10.1. The van der Waals surface area contributed by atoms with Crippen molar-refractivity contribution in [2.24, 2.45) is 0 Å². The summed E-state index contributed by atoms with van der Waals surface area (Å²) in [5.41, 5.74) is 2.88. The van der Waals surface area contributed by atoms with Crippen molar-refractivity contribution in [2.45, 2.75) is 24.5 Å². The summed E-state index contributed by atoms with van der Waals surface area (Å²) >= 11 is 0.420. The fraction of sp³-hybridized carbons (Fsp3) is 0.188. The number of nitrogens with one attached hydrogen (secondary N) is 1. The summed E-state index contributed by atoms with van der Waals surface area (Å²) in [4.78, 5) is 12.6. The third kappa shape index (κ3) is 4.29. The number of rotatable bonds is 4. The van der Waals surface area contributed by atoms with Crippen molar-refractivity contribution < 1.29 is 13.6 Å². The van der Waals surface area contributed by atoms with E-state index in [1.807, 2.05) is 19.9 Å². The van der Waals surface area contributed by atoms with Gasteiger partial charge in [-0.05, 0) is 38.1 Å². The predicted molar refractivity (Wildman–Crippen MR) is 82.2 cm³/mol. The zero-order chi connectivity index (χ0) is 15.4. The highest BCUT2D eigenvalue weighted by Gasteiger charge is 2.13. The highest BCUT2D eigenvalue weighted by atomic mass is 32.2. The first kappa shape index (κ1) is 15.5. The third-order valence-electron chi connectivity index (χ3n) is 2.84. The van der Waals surface area contributed by atoms with Gasteiger partial charge in [-0.15, -0.1) is 0 Å². The monoisotopic (exact) mass is 307 g/mol. The van der Waals surface area contributed by atoms with Gasteiger partial charge in [0.25, 0.3) is 11.7 Å². The van der Waals surface area contributed by atoms with Crippen LogP contribution >= 0.6 is 11.8 Å². The Bertz CT molecular complexity index is 638.